The normalized spacial score (nSPS) is 14.9. The Kier molecular flexibility index (Phi) is 17.4. The van der Waals surface area contributed by atoms with E-state index in [1.54, 1.807) is 18.2 Å². The van der Waals surface area contributed by atoms with Crippen LogP contribution in [0.4, 0.5) is 0 Å². The minimum absolute atomic E-state index is 0. The standard InChI is InChI=1S/C21H34NO6P.2Na/c1-2-3-4-5-6-14-21(23)22-20(16-27-29(24,25)26)17-10-9-13-19(15-17)28-18-11-7-8-12-18;;/h9-10,13,15,18,20H,2-8,11-12,14,16H2,1H3,(H,22,23)(H2,24,25,26);;/q;2*+1/p-2. The Morgan fingerprint density at radius 1 is 1.16 bits per heavy atom. The molecule has 1 saturated carbocycles. The molecule has 2 rings (SSSR count). The fraction of sp³-hybridized carbons (Fsp3) is 0.667. The minimum Gasteiger partial charge on any atom is -0.790 e. The van der Waals surface area contributed by atoms with Gasteiger partial charge in [0.2, 0.25) is 5.91 Å². The van der Waals surface area contributed by atoms with Crippen LogP contribution >= 0.6 is 7.82 Å². The molecule has 1 aromatic carbocycles. The van der Waals surface area contributed by atoms with Crippen LogP contribution in [0.25, 0.3) is 0 Å². The second kappa shape index (κ2) is 17.1. The molecule has 1 N–H and O–H groups in total. The van der Waals surface area contributed by atoms with E-state index >= 15 is 0 Å². The number of rotatable bonds is 13. The number of nitrogens with one attached hydrogen (secondary N) is 1. The predicted octanol–water partition coefficient (Wildman–Crippen LogP) is -2.62. The summed E-state index contributed by atoms with van der Waals surface area (Å²) < 4.78 is 21.4. The van der Waals surface area contributed by atoms with Gasteiger partial charge in [0.1, 0.15) is 5.75 Å². The third-order valence-corrected chi connectivity index (χ3v) is 5.57. The number of carbonyl (C=O) groups is 1. The molecule has 1 amide bonds. The molecular weight excluding hydrogens is 439 g/mol. The van der Waals surface area contributed by atoms with Gasteiger partial charge in [-0.05, 0) is 49.8 Å². The predicted molar refractivity (Wildman–Crippen MR) is 107 cm³/mol. The van der Waals surface area contributed by atoms with E-state index < -0.39 is 20.5 Å². The fourth-order valence-electron chi connectivity index (χ4n) is 3.55. The van der Waals surface area contributed by atoms with Crippen molar-refractivity contribution < 1.29 is 87.5 Å². The average molecular weight is 471 g/mol. The van der Waals surface area contributed by atoms with E-state index in [0.717, 1.165) is 57.8 Å². The second-order valence-electron chi connectivity index (χ2n) is 7.62. The van der Waals surface area contributed by atoms with Gasteiger partial charge < -0.3 is 28.9 Å². The molecule has 7 nitrogen and oxygen atoms in total. The second-order valence-corrected chi connectivity index (χ2v) is 8.78. The number of amides is 1. The van der Waals surface area contributed by atoms with Crippen LogP contribution in [0.5, 0.6) is 5.75 Å². The first-order chi connectivity index (χ1) is 13.9. The van der Waals surface area contributed by atoms with Gasteiger partial charge in [-0.2, -0.15) is 0 Å². The van der Waals surface area contributed by atoms with Crippen molar-refractivity contribution in [3.63, 3.8) is 0 Å². The Hall–Kier alpha value is 0.600. The van der Waals surface area contributed by atoms with Crippen molar-refractivity contribution in [3.8, 4) is 5.75 Å². The van der Waals surface area contributed by atoms with Crippen molar-refractivity contribution in [1.29, 1.82) is 0 Å². The topological polar surface area (TPSA) is 111 Å². The quantitative estimate of drug-likeness (QED) is 0.192. The summed E-state index contributed by atoms with van der Waals surface area (Å²) >= 11 is 0. The van der Waals surface area contributed by atoms with Crippen LogP contribution in [-0.2, 0) is 13.9 Å². The molecule has 31 heavy (non-hydrogen) atoms. The molecule has 0 radical (unpaired) electrons. The minimum atomic E-state index is -5.14. The van der Waals surface area contributed by atoms with Crippen LogP contribution < -0.4 is 79.0 Å². The molecule has 0 bridgehead atoms. The maximum absolute atomic E-state index is 12.3. The number of phosphoric acid groups is 1. The molecule has 1 fully saturated rings. The summed E-state index contributed by atoms with van der Waals surface area (Å²) in [4.78, 5) is 34.2. The average Bonchev–Trinajstić information content (AvgIpc) is 3.17. The number of unbranched alkanes of at least 4 members (excludes halogenated alkanes) is 4. The van der Waals surface area contributed by atoms with Gasteiger partial charge in [-0.3, -0.25) is 4.79 Å². The Morgan fingerprint density at radius 3 is 2.48 bits per heavy atom. The van der Waals surface area contributed by atoms with Crippen LogP contribution in [0, 0.1) is 0 Å². The van der Waals surface area contributed by atoms with E-state index in [2.05, 4.69) is 16.8 Å². The van der Waals surface area contributed by atoms with E-state index in [4.69, 9.17) is 4.74 Å². The summed E-state index contributed by atoms with van der Waals surface area (Å²) in [7, 11) is -5.14. The molecule has 0 aliphatic heterocycles. The molecule has 0 saturated heterocycles. The molecule has 0 spiro atoms. The summed E-state index contributed by atoms with van der Waals surface area (Å²) in [5.74, 6) is 0.476. The summed E-state index contributed by atoms with van der Waals surface area (Å²) in [6.07, 6.45) is 9.98. The molecule has 164 valence electrons. The van der Waals surface area contributed by atoms with E-state index in [0.29, 0.717) is 17.7 Å². The number of phosphoric ester groups is 1. The Bertz CT molecular complexity index is 682. The van der Waals surface area contributed by atoms with Gasteiger partial charge in [0, 0.05) is 6.42 Å². The van der Waals surface area contributed by atoms with Crippen molar-refractivity contribution in [1.82, 2.24) is 5.32 Å². The van der Waals surface area contributed by atoms with E-state index in [1.165, 1.54) is 0 Å². The van der Waals surface area contributed by atoms with Crippen LogP contribution in [0.3, 0.4) is 0 Å². The number of carbonyl (C=O) groups excluding carboxylic acids is 1. The zero-order valence-electron chi connectivity index (χ0n) is 19.1. The Morgan fingerprint density at radius 2 is 1.84 bits per heavy atom. The van der Waals surface area contributed by atoms with Gasteiger partial charge in [0.05, 0.1) is 26.6 Å². The molecule has 1 aliphatic carbocycles. The van der Waals surface area contributed by atoms with Crippen molar-refractivity contribution in [2.24, 2.45) is 0 Å². The number of benzene rings is 1. The summed E-state index contributed by atoms with van der Waals surface area (Å²) in [5, 5.41) is 2.80. The SMILES string of the molecule is CCCCCCCC(=O)NC(COP(=O)([O-])[O-])c1cccc(OC2CCCC2)c1.[Na+].[Na+]. The molecular formula is C21H32NNa2O6P. The monoisotopic (exact) mass is 471 g/mol. The van der Waals surface area contributed by atoms with E-state index in [9.17, 15) is 19.1 Å². The fourth-order valence-corrected chi connectivity index (χ4v) is 3.88. The molecule has 1 atom stereocenters. The van der Waals surface area contributed by atoms with Crippen LogP contribution in [-0.4, -0.2) is 18.6 Å². The number of ether oxygens (including phenoxy) is 1. The summed E-state index contributed by atoms with van der Waals surface area (Å²) in [5.41, 5.74) is 0.647. The molecule has 1 aliphatic rings. The van der Waals surface area contributed by atoms with Gasteiger partial charge in [0.25, 0.3) is 0 Å². The van der Waals surface area contributed by atoms with E-state index in [1.807, 2.05) is 6.07 Å². The van der Waals surface area contributed by atoms with Gasteiger partial charge in [-0.25, -0.2) is 0 Å². The van der Waals surface area contributed by atoms with Crippen molar-refractivity contribution >= 4 is 13.7 Å². The van der Waals surface area contributed by atoms with Gasteiger partial charge in [0.15, 0.2) is 0 Å². The first-order valence-electron chi connectivity index (χ1n) is 10.6. The largest absolute Gasteiger partial charge is 1.00 e. The Balaban J connectivity index is 0.00000450. The van der Waals surface area contributed by atoms with Gasteiger partial charge >= 0.3 is 59.1 Å². The molecule has 0 heterocycles. The van der Waals surface area contributed by atoms with E-state index in [-0.39, 0.29) is 71.1 Å². The molecule has 1 aromatic rings. The zero-order valence-corrected chi connectivity index (χ0v) is 24.0. The van der Waals surface area contributed by atoms with Crippen LogP contribution in [0.2, 0.25) is 0 Å². The maximum atomic E-state index is 12.3. The number of hydrogen-bond acceptors (Lipinski definition) is 6. The first-order valence-corrected chi connectivity index (χ1v) is 12.1. The third-order valence-electron chi connectivity index (χ3n) is 5.11. The van der Waals surface area contributed by atoms with Gasteiger partial charge in [-0.1, -0.05) is 44.7 Å². The zero-order chi connectivity index (χ0) is 21.1. The Labute approximate surface area is 230 Å². The molecule has 10 heteroatoms. The molecule has 0 aromatic heterocycles. The van der Waals surface area contributed by atoms with Gasteiger partial charge in [-0.15, -0.1) is 0 Å². The van der Waals surface area contributed by atoms with Crippen LogP contribution in [0.15, 0.2) is 24.3 Å². The maximum Gasteiger partial charge on any atom is 1.00 e. The van der Waals surface area contributed by atoms with Crippen molar-refractivity contribution in [2.75, 3.05) is 6.61 Å². The van der Waals surface area contributed by atoms with Crippen molar-refractivity contribution in [3.05, 3.63) is 29.8 Å². The summed E-state index contributed by atoms with van der Waals surface area (Å²) in [6.45, 7) is 1.70. The molecule has 1 unspecified atom stereocenters. The first kappa shape index (κ1) is 31.6. The smallest absolute Gasteiger partial charge is 0.790 e. The van der Waals surface area contributed by atoms with Crippen LogP contribution in [0.1, 0.15) is 82.7 Å². The number of hydrogen-bond donors (Lipinski definition) is 1. The third kappa shape index (κ3) is 13.8. The van der Waals surface area contributed by atoms with Crippen molar-refractivity contribution in [2.45, 2.75) is 83.3 Å². The summed E-state index contributed by atoms with van der Waals surface area (Å²) in [6, 6.07) is 6.42.